The molecule has 0 fully saturated rings. The van der Waals surface area contributed by atoms with Crippen molar-refractivity contribution in [3.63, 3.8) is 0 Å². The molecule has 0 aliphatic rings. The second-order valence-corrected chi connectivity index (χ2v) is 3.73. The normalized spacial score (nSPS) is 10.1. The Kier molecular flexibility index (Phi) is 2.88. The lowest BCUT2D eigenvalue weighted by Crippen LogP contribution is -1.95. The van der Waals surface area contributed by atoms with E-state index in [1.807, 2.05) is 30.3 Å². The molecule has 16 heavy (non-hydrogen) atoms. The van der Waals surface area contributed by atoms with Crippen LogP contribution in [0.4, 0.5) is 11.4 Å². The van der Waals surface area contributed by atoms with Crippen LogP contribution in [0.5, 0.6) is 11.5 Å². The monoisotopic (exact) mass is 234 g/mol. The van der Waals surface area contributed by atoms with E-state index in [0.717, 1.165) is 0 Å². The molecule has 3 nitrogen and oxygen atoms in total. The minimum Gasteiger partial charge on any atom is -0.455 e. The fraction of sp³-hybridized carbons (Fsp3) is 0. The van der Waals surface area contributed by atoms with Gasteiger partial charge in [0.25, 0.3) is 0 Å². The standard InChI is InChI=1S/C12H11ClN2O/c13-9-6-11(15)12(7-10(9)14)16-8-4-2-1-3-5-8/h1-7H,14-15H2. The third-order valence-electron chi connectivity index (χ3n) is 2.10. The van der Waals surface area contributed by atoms with Crippen LogP contribution >= 0.6 is 11.6 Å². The number of nitrogens with two attached hydrogens (primary N) is 2. The molecule has 0 unspecified atom stereocenters. The zero-order valence-corrected chi connectivity index (χ0v) is 9.24. The molecule has 0 heterocycles. The SMILES string of the molecule is Nc1cc(Oc2ccccc2)c(N)cc1Cl. The maximum absolute atomic E-state index is 5.83. The summed E-state index contributed by atoms with van der Waals surface area (Å²) >= 11 is 5.83. The van der Waals surface area contributed by atoms with Crippen LogP contribution in [-0.2, 0) is 0 Å². The topological polar surface area (TPSA) is 61.3 Å². The Hall–Kier alpha value is -1.87. The van der Waals surface area contributed by atoms with E-state index in [9.17, 15) is 0 Å². The summed E-state index contributed by atoms with van der Waals surface area (Å²) < 4.78 is 5.58. The van der Waals surface area contributed by atoms with Crippen molar-refractivity contribution in [2.75, 3.05) is 11.5 Å². The Labute approximate surface area is 98.6 Å². The average Bonchev–Trinajstić information content (AvgIpc) is 2.27. The van der Waals surface area contributed by atoms with Gasteiger partial charge in [-0.3, -0.25) is 0 Å². The molecule has 4 heteroatoms. The largest absolute Gasteiger partial charge is 0.455 e. The van der Waals surface area contributed by atoms with Crippen molar-refractivity contribution in [3.8, 4) is 11.5 Å². The fourth-order valence-corrected chi connectivity index (χ4v) is 1.46. The Morgan fingerprint density at radius 1 is 0.938 bits per heavy atom. The molecule has 0 atom stereocenters. The fourth-order valence-electron chi connectivity index (χ4n) is 1.29. The van der Waals surface area contributed by atoms with E-state index in [-0.39, 0.29) is 0 Å². The Bertz CT molecular complexity index is 500. The van der Waals surface area contributed by atoms with E-state index in [2.05, 4.69) is 0 Å². The highest BCUT2D eigenvalue weighted by atomic mass is 35.5. The minimum atomic E-state index is 0.429. The summed E-state index contributed by atoms with van der Waals surface area (Å²) in [5.74, 6) is 1.21. The molecule has 0 spiro atoms. The van der Waals surface area contributed by atoms with E-state index in [4.69, 9.17) is 27.8 Å². The Morgan fingerprint density at radius 3 is 2.31 bits per heavy atom. The molecule has 0 aliphatic heterocycles. The Balaban J connectivity index is 2.32. The van der Waals surface area contributed by atoms with Crippen LogP contribution in [0.25, 0.3) is 0 Å². The zero-order chi connectivity index (χ0) is 11.5. The van der Waals surface area contributed by atoms with Crippen LogP contribution in [0.2, 0.25) is 5.02 Å². The summed E-state index contributed by atoms with van der Waals surface area (Å²) in [4.78, 5) is 0. The zero-order valence-electron chi connectivity index (χ0n) is 8.48. The van der Waals surface area contributed by atoms with Gasteiger partial charge in [0.1, 0.15) is 5.75 Å². The first-order valence-electron chi connectivity index (χ1n) is 4.74. The third-order valence-corrected chi connectivity index (χ3v) is 2.43. The van der Waals surface area contributed by atoms with E-state index < -0.39 is 0 Å². The Morgan fingerprint density at radius 2 is 1.62 bits per heavy atom. The van der Waals surface area contributed by atoms with Gasteiger partial charge in [0.05, 0.1) is 16.4 Å². The molecule has 0 saturated carbocycles. The van der Waals surface area contributed by atoms with Gasteiger partial charge in [-0.15, -0.1) is 0 Å². The molecule has 0 aliphatic carbocycles. The maximum atomic E-state index is 5.83. The summed E-state index contributed by atoms with van der Waals surface area (Å²) in [5.41, 5.74) is 12.4. The summed E-state index contributed by atoms with van der Waals surface area (Å²) in [6.45, 7) is 0. The number of hydrogen-bond acceptors (Lipinski definition) is 3. The van der Waals surface area contributed by atoms with Crippen LogP contribution in [0.15, 0.2) is 42.5 Å². The molecule has 82 valence electrons. The second kappa shape index (κ2) is 4.33. The van der Waals surface area contributed by atoms with Gasteiger partial charge in [-0.1, -0.05) is 29.8 Å². The quantitative estimate of drug-likeness (QED) is 0.784. The molecule has 0 bridgehead atoms. The molecular formula is C12H11ClN2O. The molecule has 0 amide bonds. The molecule has 0 radical (unpaired) electrons. The van der Waals surface area contributed by atoms with Crippen LogP contribution in [0.3, 0.4) is 0 Å². The average molecular weight is 235 g/mol. The highest BCUT2D eigenvalue weighted by molar-refractivity contribution is 6.33. The number of hydrogen-bond donors (Lipinski definition) is 2. The van der Waals surface area contributed by atoms with Crippen molar-refractivity contribution in [1.29, 1.82) is 0 Å². The van der Waals surface area contributed by atoms with E-state index in [0.29, 0.717) is 27.9 Å². The first-order valence-corrected chi connectivity index (χ1v) is 5.12. The molecule has 0 saturated heterocycles. The summed E-state index contributed by atoms with van der Waals surface area (Å²) in [5, 5.41) is 0.429. The lowest BCUT2D eigenvalue weighted by Gasteiger charge is -2.09. The van der Waals surface area contributed by atoms with Gasteiger partial charge in [-0.05, 0) is 18.2 Å². The highest BCUT2D eigenvalue weighted by Crippen LogP contribution is 2.33. The lowest BCUT2D eigenvalue weighted by molar-refractivity contribution is 0.485. The second-order valence-electron chi connectivity index (χ2n) is 3.33. The third kappa shape index (κ3) is 2.20. The van der Waals surface area contributed by atoms with Gasteiger partial charge in [-0.2, -0.15) is 0 Å². The summed E-state index contributed by atoms with van der Waals surface area (Å²) in [7, 11) is 0. The van der Waals surface area contributed by atoms with Crippen molar-refractivity contribution in [2.45, 2.75) is 0 Å². The summed E-state index contributed by atoms with van der Waals surface area (Å²) in [6, 6.07) is 12.5. The van der Waals surface area contributed by atoms with Gasteiger partial charge in [0.15, 0.2) is 5.75 Å². The van der Waals surface area contributed by atoms with Gasteiger partial charge in [0.2, 0.25) is 0 Å². The number of rotatable bonds is 2. The number of ether oxygens (including phenoxy) is 1. The van der Waals surface area contributed by atoms with Crippen molar-refractivity contribution in [1.82, 2.24) is 0 Å². The number of para-hydroxylation sites is 1. The molecule has 2 aromatic carbocycles. The first kappa shape index (κ1) is 10.6. The highest BCUT2D eigenvalue weighted by Gasteiger charge is 2.06. The smallest absolute Gasteiger partial charge is 0.152 e. The number of benzene rings is 2. The van der Waals surface area contributed by atoms with Crippen molar-refractivity contribution >= 4 is 23.0 Å². The van der Waals surface area contributed by atoms with Crippen LogP contribution in [0.1, 0.15) is 0 Å². The minimum absolute atomic E-state index is 0.429. The van der Waals surface area contributed by atoms with Crippen LogP contribution in [-0.4, -0.2) is 0 Å². The molecule has 2 aromatic rings. The van der Waals surface area contributed by atoms with Crippen molar-refractivity contribution < 1.29 is 4.74 Å². The van der Waals surface area contributed by atoms with Crippen molar-refractivity contribution in [3.05, 3.63) is 47.5 Å². The number of halogens is 1. The lowest BCUT2D eigenvalue weighted by atomic mass is 10.2. The van der Waals surface area contributed by atoms with E-state index in [1.165, 1.54) is 0 Å². The molecule has 0 aromatic heterocycles. The first-order chi connectivity index (χ1) is 7.66. The van der Waals surface area contributed by atoms with Gasteiger partial charge in [-0.25, -0.2) is 0 Å². The van der Waals surface area contributed by atoms with Gasteiger partial charge < -0.3 is 16.2 Å². The molecule has 2 rings (SSSR count). The summed E-state index contributed by atoms with van der Waals surface area (Å²) in [6.07, 6.45) is 0. The molecule has 4 N–H and O–H groups in total. The molecular weight excluding hydrogens is 224 g/mol. The van der Waals surface area contributed by atoms with Crippen molar-refractivity contribution in [2.24, 2.45) is 0 Å². The van der Waals surface area contributed by atoms with Crippen LogP contribution < -0.4 is 16.2 Å². The van der Waals surface area contributed by atoms with E-state index in [1.54, 1.807) is 12.1 Å². The number of nitrogen functional groups attached to an aromatic ring is 2. The van der Waals surface area contributed by atoms with Gasteiger partial charge >= 0.3 is 0 Å². The predicted molar refractivity (Wildman–Crippen MR) is 66.8 cm³/mol. The number of anilines is 2. The maximum Gasteiger partial charge on any atom is 0.152 e. The van der Waals surface area contributed by atoms with Crippen LogP contribution in [0, 0.1) is 0 Å². The van der Waals surface area contributed by atoms with Gasteiger partial charge in [0, 0.05) is 6.07 Å². The van der Waals surface area contributed by atoms with E-state index >= 15 is 0 Å². The predicted octanol–water partition coefficient (Wildman–Crippen LogP) is 3.30.